The van der Waals surface area contributed by atoms with Gasteiger partial charge in [-0.2, -0.15) is 11.8 Å². The molecule has 0 aromatic carbocycles. The van der Waals surface area contributed by atoms with Crippen molar-refractivity contribution in [3.63, 3.8) is 0 Å². The van der Waals surface area contributed by atoms with Gasteiger partial charge in [0, 0.05) is 30.0 Å². The van der Waals surface area contributed by atoms with E-state index in [9.17, 15) is 4.79 Å². The zero-order valence-electron chi connectivity index (χ0n) is 9.15. The van der Waals surface area contributed by atoms with Gasteiger partial charge < -0.3 is 4.90 Å². The van der Waals surface area contributed by atoms with Crippen molar-refractivity contribution in [3.8, 4) is 0 Å². The van der Waals surface area contributed by atoms with Gasteiger partial charge in [0.05, 0.1) is 0 Å². The third kappa shape index (κ3) is 1.91. The minimum Gasteiger partial charge on any atom is -0.338 e. The monoisotopic (exact) mass is 225 g/mol. The summed E-state index contributed by atoms with van der Waals surface area (Å²) in [7, 11) is 0. The molecule has 3 fully saturated rings. The van der Waals surface area contributed by atoms with E-state index in [0.717, 1.165) is 18.2 Å². The highest BCUT2D eigenvalue weighted by atomic mass is 32.2. The highest BCUT2D eigenvalue weighted by Crippen LogP contribution is 2.38. The summed E-state index contributed by atoms with van der Waals surface area (Å²) in [6.07, 6.45) is 7.39. The van der Waals surface area contributed by atoms with Crippen molar-refractivity contribution in [2.24, 2.45) is 5.92 Å². The molecule has 1 saturated carbocycles. The molecule has 15 heavy (non-hydrogen) atoms. The molecule has 0 N–H and O–H groups in total. The molecule has 3 aliphatic rings. The number of amides is 1. The predicted octanol–water partition coefficient (Wildman–Crippen LogP) is 2.28. The molecule has 0 aromatic rings. The zero-order chi connectivity index (χ0) is 10.3. The first-order chi connectivity index (χ1) is 7.33. The molecular weight excluding hydrogens is 206 g/mol. The van der Waals surface area contributed by atoms with Crippen LogP contribution in [-0.2, 0) is 4.79 Å². The van der Waals surface area contributed by atoms with Crippen molar-refractivity contribution < 1.29 is 4.79 Å². The minimum atomic E-state index is 0.453. The van der Waals surface area contributed by atoms with Crippen LogP contribution in [0.25, 0.3) is 0 Å². The maximum absolute atomic E-state index is 12.1. The van der Waals surface area contributed by atoms with Crippen LogP contribution < -0.4 is 0 Å². The molecule has 1 aliphatic carbocycles. The quantitative estimate of drug-likeness (QED) is 0.718. The number of likely N-dealkylation sites (tertiary alicyclic amines) is 1. The Bertz CT molecular complexity index is 262. The number of hydrogen-bond acceptors (Lipinski definition) is 2. The summed E-state index contributed by atoms with van der Waals surface area (Å²) in [5.41, 5.74) is 0. The van der Waals surface area contributed by atoms with Gasteiger partial charge in [-0.25, -0.2) is 0 Å². The summed E-state index contributed by atoms with van der Waals surface area (Å²) in [5.74, 6) is 2.36. The summed E-state index contributed by atoms with van der Waals surface area (Å²) in [6, 6.07) is 0.592. The van der Waals surface area contributed by atoms with Gasteiger partial charge in [0.2, 0.25) is 5.91 Å². The van der Waals surface area contributed by atoms with Crippen LogP contribution >= 0.6 is 11.8 Å². The van der Waals surface area contributed by atoms with Crippen molar-refractivity contribution in [3.05, 3.63) is 0 Å². The van der Waals surface area contributed by atoms with E-state index in [-0.39, 0.29) is 0 Å². The Morgan fingerprint density at radius 2 is 2.13 bits per heavy atom. The average molecular weight is 225 g/mol. The Morgan fingerprint density at radius 1 is 1.33 bits per heavy atom. The fourth-order valence-corrected chi connectivity index (χ4v) is 4.72. The molecular formula is C12H19NOS. The van der Waals surface area contributed by atoms with Crippen LogP contribution in [0.2, 0.25) is 0 Å². The smallest absolute Gasteiger partial charge is 0.223 e. The van der Waals surface area contributed by atoms with Gasteiger partial charge in [-0.1, -0.05) is 12.8 Å². The summed E-state index contributed by atoms with van der Waals surface area (Å²) < 4.78 is 0. The maximum Gasteiger partial charge on any atom is 0.223 e. The zero-order valence-corrected chi connectivity index (χ0v) is 9.97. The lowest BCUT2D eigenvalue weighted by atomic mass is 10.0. The van der Waals surface area contributed by atoms with Crippen LogP contribution in [0.1, 0.15) is 38.5 Å². The Hall–Kier alpha value is -0.180. The molecule has 2 heterocycles. The van der Waals surface area contributed by atoms with E-state index in [1.54, 1.807) is 0 Å². The summed E-state index contributed by atoms with van der Waals surface area (Å²) in [6.45, 7) is 1.04. The summed E-state index contributed by atoms with van der Waals surface area (Å²) in [5, 5.41) is 0.766. The third-order valence-corrected chi connectivity index (χ3v) is 5.55. The maximum atomic E-state index is 12.1. The Balaban J connectivity index is 1.56. The van der Waals surface area contributed by atoms with Gasteiger partial charge in [0.15, 0.2) is 0 Å². The first kappa shape index (κ1) is 10.0. The van der Waals surface area contributed by atoms with Crippen molar-refractivity contribution in [2.75, 3.05) is 12.3 Å². The van der Waals surface area contributed by atoms with Crippen molar-refractivity contribution in [1.82, 2.24) is 4.90 Å². The third-order valence-electron chi connectivity index (χ3n) is 4.16. The fraction of sp³-hybridized carbons (Fsp3) is 0.917. The molecule has 3 rings (SSSR count). The van der Waals surface area contributed by atoms with Gasteiger partial charge in [-0.05, 0) is 25.2 Å². The van der Waals surface area contributed by atoms with Crippen LogP contribution in [0.5, 0.6) is 0 Å². The lowest BCUT2D eigenvalue weighted by Gasteiger charge is -2.27. The Labute approximate surface area is 95.8 Å². The number of carbonyl (C=O) groups excluding carboxylic acids is 1. The van der Waals surface area contributed by atoms with Crippen LogP contribution in [0.4, 0.5) is 0 Å². The molecule has 2 saturated heterocycles. The van der Waals surface area contributed by atoms with Gasteiger partial charge in [-0.3, -0.25) is 4.79 Å². The first-order valence-electron chi connectivity index (χ1n) is 6.24. The van der Waals surface area contributed by atoms with Gasteiger partial charge >= 0.3 is 0 Å². The fourth-order valence-electron chi connectivity index (χ4n) is 3.28. The molecule has 2 aliphatic heterocycles. The summed E-state index contributed by atoms with van der Waals surface area (Å²) in [4.78, 5) is 14.3. The highest BCUT2D eigenvalue weighted by molar-refractivity contribution is 8.00. The molecule has 0 spiro atoms. The van der Waals surface area contributed by atoms with Crippen molar-refractivity contribution in [1.29, 1.82) is 0 Å². The van der Waals surface area contributed by atoms with E-state index in [4.69, 9.17) is 0 Å². The molecule has 2 unspecified atom stereocenters. The van der Waals surface area contributed by atoms with E-state index in [1.807, 2.05) is 0 Å². The first-order valence-corrected chi connectivity index (χ1v) is 7.29. The minimum absolute atomic E-state index is 0.453. The van der Waals surface area contributed by atoms with Crippen LogP contribution in [-0.4, -0.2) is 34.4 Å². The number of fused-ring (bicyclic) bond motifs is 2. The lowest BCUT2D eigenvalue weighted by Crippen LogP contribution is -2.39. The topological polar surface area (TPSA) is 20.3 Å². The van der Waals surface area contributed by atoms with Crippen molar-refractivity contribution >= 4 is 17.7 Å². The molecule has 84 valence electrons. The lowest BCUT2D eigenvalue weighted by molar-refractivity contribution is -0.132. The molecule has 2 atom stereocenters. The number of rotatable bonds is 2. The molecule has 2 nitrogen and oxygen atoms in total. The highest BCUT2D eigenvalue weighted by Gasteiger charge is 2.41. The summed E-state index contributed by atoms with van der Waals surface area (Å²) >= 11 is 2.06. The standard InChI is InChI=1S/C12H19NOS/c14-12(5-9-3-1-2-4-9)13-7-11-6-10(13)8-15-11/h9-11H,1-8H2. The van der Waals surface area contributed by atoms with E-state index in [1.165, 1.54) is 37.9 Å². The Morgan fingerprint density at radius 3 is 2.73 bits per heavy atom. The number of thioether (sulfide) groups is 1. The number of nitrogens with zero attached hydrogens (tertiary/aromatic N) is 1. The average Bonchev–Trinajstić information content (AvgIpc) is 2.93. The largest absolute Gasteiger partial charge is 0.338 e. The van der Waals surface area contributed by atoms with E-state index < -0.39 is 0 Å². The van der Waals surface area contributed by atoms with Crippen molar-refractivity contribution in [2.45, 2.75) is 49.8 Å². The van der Waals surface area contributed by atoms with Crippen LogP contribution in [0, 0.1) is 5.92 Å². The van der Waals surface area contributed by atoms with Gasteiger partial charge in [0.25, 0.3) is 0 Å². The van der Waals surface area contributed by atoms with Crippen LogP contribution in [0.3, 0.4) is 0 Å². The molecule has 3 heteroatoms. The van der Waals surface area contributed by atoms with E-state index in [0.29, 0.717) is 17.9 Å². The van der Waals surface area contributed by atoms with E-state index in [2.05, 4.69) is 16.7 Å². The second-order valence-corrected chi connectivity index (χ2v) is 6.58. The normalized spacial score (nSPS) is 35.3. The Kier molecular flexibility index (Phi) is 2.67. The second kappa shape index (κ2) is 4.00. The molecule has 0 aromatic heterocycles. The van der Waals surface area contributed by atoms with Crippen LogP contribution in [0.15, 0.2) is 0 Å². The number of hydrogen-bond donors (Lipinski definition) is 0. The molecule has 0 radical (unpaired) electrons. The van der Waals surface area contributed by atoms with E-state index >= 15 is 0 Å². The second-order valence-electron chi connectivity index (χ2n) is 5.25. The van der Waals surface area contributed by atoms with Gasteiger partial charge in [-0.15, -0.1) is 0 Å². The predicted molar refractivity (Wildman–Crippen MR) is 62.9 cm³/mol. The molecule has 2 bridgehead atoms. The van der Waals surface area contributed by atoms with Gasteiger partial charge in [0.1, 0.15) is 0 Å². The SMILES string of the molecule is O=C(CC1CCCC1)N1CC2CC1CS2. The number of carbonyl (C=O) groups is 1. The molecule has 1 amide bonds.